The van der Waals surface area contributed by atoms with Crippen molar-refractivity contribution in [2.24, 2.45) is 0 Å². The fourth-order valence-corrected chi connectivity index (χ4v) is 5.88. The summed E-state index contributed by atoms with van der Waals surface area (Å²) in [6, 6.07) is 8.34. The Morgan fingerprint density at radius 1 is 1.13 bits per heavy atom. The van der Waals surface area contributed by atoms with Crippen molar-refractivity contribution in [1.29, 1.82) is 0 Å². The SMILES string of the molecule is CCN(CC)C(=O)CN1CC[C@H](c2c(C(=O)N3CCOCC3)sc3ccccc23)C1. The number of nitrogens with zero attached hydrogens (tertiary/aromatic N) is 3. The zero-order chi connectivity index (χ0) is 21.1. The highest BCUT2D eigenvalue weighted by atomic mass is 32.1. The molecular formula is C23H31N3O3S. The Morgan fingerprint density at radius 2 is 1.87 bits per heavy atom. The van der Waals surface area contributed by atoms with E-state index in [2.05, 4.69) is 23.1 Å². The van der Waals surface area contributed by atoms with Crippen molar-refractivity contribution in [3.63, 3.8) is 0 Å². The van der Waals surface area contributed by atoms with Gasteiger partial charge in [0.1, 0.15) is 0 Å². The van der Waals surface area contributed by atoms with E-state index in [0.29, 0.717) is 32.8 Å². The molecule has 162 valence electrons. The molecule has 0 aliphatic carbocycles. The Hall–Kier alpha value is -1.96. The number of fused-ring (bicyclic) bond motifs is 1. The van der Waals surface area contributed by atoms with Gasteiger partial charge in [0.2, 0.25) is 5.91 Å². The molecule has 3 heterocycles. The lowest BCUT2D eigenvalue weighted by Gasteiger charge is -2.27. The first-order valence-electron chi connectivity index (χ1n) is 11.0. The molecule has 1 aromatic heterocycles. The lowest BCUT2D eigenvalue weighted by molar-refractivity contribution is -0.131. The van der Waals surface area contributed by atoms with E-state index >= 15 is 0 Å². The van der Waals surface area contributed by atoms with Crippen LogP contribution >= 0.6 is 11.3 Å². The number of carbonyl (C=O) groups is 2. The van der Waals surface area contributed by atoms with Crippen molar-refractivity contribution in [2.45, 2.75) is 26.2 Å². The number of thiophene rings is 1. The van der Waals surface area contributed by atoms with Gasteiger partial charge in [-0.15, -0.1) is 11.3 Å². The second-order valence-electron chi connectivity index (χ2n) is 8.03. The Labute approximate surface area is 182 Å². The third kappa shape index (κ3) is 4.24. The first-order valence-corrected chi connectivity index (χ1v) is 11.8. The van der Waals surface area contributed by atoms with Crippen LogP contribution in [0, 0.1) is 0 Å². The topological polar surface area (TPSA) is 53.1 Å². The van der Waals surface area contributed by atoms with Crippen LogP contribution in [0.2, 0.25) is 0 Å². The van der Waals surface area contributed by atoms with Crippen molar-refractivity contribution in [1.82, 2.24) is 14.7 Å². The molecule has 0 unspecified atom stereocenters. The predicted octanol–water partition coefficient (Wildman–Crippen LogP) is 3.03. The predicted molar refractivity (Wildman–Crippen MR) is 120 cm³/mol. The number of likely N-dealkylation sites (tertiary alicyclic amines) is 1. The van der Waals surface area contributed by atoms with E-state index < -0.39 is 0 Å². The number of morpholine rings is 1. The molecule has 0 N–H and O–H groups in total. The molecule has 1 atom stereocenters. The molecule has 0 saturated carbocycles. The monoisotopic (exact) mass is 429 g/mol. The quantitative estimate of drug-likeness (QED) is 0.708. The fourth-order valence-electron chi connectivity index (χ4n) is 4.62. The summed E-state index contributed by atoms with van der Waals surface area (Å²) in [5.74, 6) is 0.609. The number of rotatable bonds is 6. The van der Waals surface area contributed by atoms with Gasteiger partial charge in [-0.25, -0.2) is 0 Å². The van der Waals surface area contributed by atoms with Crippen molar-refractivity contribution < 1.29 is 14.3 Å². The summed E-state index contributed by atoms with van der Waals surface area (Å²) in [4.78, 5) is 32.9. The Balaban J connectivity index is 1.57. The van der Waals surface area contributed by atoms with Crippen LogP contribution in [-0.2, 0) is 9.53 Å². The van der Waals surface area contributed by atoms with Crippen LogP contribution in [0.4, 0.5) is 0 Å². The van der Waals surface area contributed by atoms with Crippen molar-refractivity contribution in [3.8, 4) is 0 Å². The number of amides is 2. The largest absolute Gasteiger partial charge is 0.378 e. The molecule has 2 aliphatic rings. The van der Waals surface area contributed by atoms with E-state index in [9.17, 15) is 9.59 Å². The number of hydrogen-bond acceptors (Lipinski definition) is 5. The van der Waals surface area contributed by atoms with Crippen LogP contribution < -0.4 is 0 Å². The molecule has 2 amide bonds. The Morgan fingerprint density at radius 3 is 2.60 bits per heavy atom. The van der Waals surface area contributed by atoms with Gasteiger partial charge in [0.25, 0.3) is 5.91 Å². The average molecular weight is 430 g/mol. The van der Waals surface area contributed by atoms with Gasteiger partial charge >= 0.3 is 0 Å². The molecule has 0 bridgehead atoms. The van der Waals surface area contributed by atoms with E-state index in [-0.39, 0.29) is 17.7 Å². The minimum atomic E-state index is 0.132. The summed E-state index contributed by atoms with van der Waals surface area (Å²) >= 11 is 1.61. The summed E-state index contributed by atoms with van der Waals surface area (Å²) in [7, 11) is 0. The van der Waals surface area contributed by atoms with Crippen LogP contribution in [0.1, 0.15) is 41.4 Å². The van der Waals surface area contributed by atoms with Gasteiger partial charge in [-0.2, -0.15) is 0 Å². The zero-order valence-electron chi connectivity index (χ0n) is 17.9. The maximum atomic E-state index is 13.4. The van der Waals surface area contributed by atoms with Gasteiger partial charge in [0.05, 0.1) is 24.6 Å². The van der Waals surface area contributed by atoms with E-state index in [1.807, 2.05) is 29.7 Å². The Kier molecular flexibility index (Phi) is 6.71. The van der Waals surface area contributed by atoms with Gasteiger partial charge in [0, 0.05) is 43.3 Å². The van der Waals surface area contributed by atoms with Crippen LogP contribution in [0.25, 0.3) is 10.1 Å². The smallest absolute Gasteiger partial charge is 0.264 e. The lowest BCUT2D eigenvalue weighted by Crippen LogP contribution is -2.41. The summed E-state index contributed by atoms with van der Waals surface area (Å²) in [5, 5.41) is 1.20. The first kappa shape index (κ1) is 21.3. The summed E-state index contributed by atoms with van der Waals surface area (Å²) in [6.45, 7) is 10.3. The molecule has 2 aromatic rings. The third-order valence-electron chi connectivity index (χ3n) is 6.28. The van der Waals surface area contributed by atoms with E-state index in [1.165, 1.54) is 15.6 Å². The van der Waals surface area contributed by atoms with Crippen LogP contribution in [0.5, 0.6) is 0 Å². The van der Waals surface area contributed by atoms with E-state index in [1.54, 1.807) is 11.3 Å². The molecule has 6 nitrogen and oxygen atoms in total. The van der Waals surface area contributed by atoms with E-state index in [4.69, 9.17) is 4.74 Å². The van der Waals surface area contributed by atoms with Gasteiger partial charge < -0.3 is 14.5 Å². The number of likely N-dealkylation sites (N-methyl/N-ethyl adjacent to an activating group) is 1. The van der Waals surface area contributed by atoms with Crippen LogP contribution in [0.15, 0.2) is 24.3 Å². The maximum Gasteiger partial charge on any atom is 0.264 e. The van der Waals surface area contributed by atoms with Gasteiger partial charge in [-0.05, 0) is 43.8 Å². The first-order chi connectivity index (χ1) is 14.6. The molecule has 2 saturated heterocycles. The second kappa shape index (κ2) is 9.45. The minimum absolute atomic E-state index is 0.132. The molecule has 0 radical (unpaired) electrons. The van der Waals surface area contributed by atoms with Crippen LogP contribution in [-0.4, -0.2) is 85.5 Å². The van der Waals surface area contributed by atoms with Gasteiger partial charge in [-0.1, -0.05) is 18.2 Å². The lowest BCUT2D eigenvalue weighted by atomic mass is 9.94. The summed E-state index contributed by atoms with van der Waals surface area (Å²) in [6.07, 6.45) is 0.982. The fraction of sp³-hybridized carbons (Fsp3) is 0.565. The van der Waals surface area contributed by atoms with Gasteiger partial charge in [0.15, 0.2) is 0 Å². The normalized spacial score (nSPS) is 20.1. The molecule has 1 aromatic carbocycles. The average Bonchev–Trinajstić information content (AvgIpc) is 3.38. The summed E-state index contributed by atoms with van der Waals surface area (Å²) < 4.78 is 6.60. The molecule has 7 heteroatoms. The molecule has 4 rings (SSSR count). The Bertz CT molecular complexity index is 902. The van der Waals surface area contributed by atoms with Gasteiger partial charge in [-0.3, -0.25) is 14.5 Å². The highest BCUT2D eigenvalue weighted by molar-refractivity contribution is 7.21. The molecule has 30 heavy (non-hydrogen) atoms. The minimum Gasteiger partial charge on any atom is -0.378 e. The highest BCUT2D eigenvalue weighted by Gasteiger charge is 2.33. The zero-order valence-corrected chi connectivity index (χ0v) is 18.7. The molecule has 2 aliphatic heterocycles. The number of hydrogen-bond donors (Lipinski definition) is 0. The van der Waals surface area contributed by atoms with Crippen molar-refractivity contribution in [2.75, 3.05) is 59.0 Å². The maximum absolute atomic E-state index is 13.4. The standard InChI is InChI=1S/C23H31N3O3S/c1-3-25(4-2)20(27)16-24-10-9-17(15-24)21-18-7-5-6-8-19(18)30-22(21)23(28)26-11-13-29-14-12-26/h5-8,17H,3-4,9-16H2,1-2H3/t17-/m0/s1. The number of ether oxygens (including phenoxy) is 1. The van der Waals surface area contributed by atoms with Crippen LogP contribution in [0.3, 0.4) is 0 Å². The number of carbonyl (C=O) groups excluding carboxylic acids is 2. The second-order valence-corrected chi connectivity index (χ2v) is 9.08. The van der Waals surface area contributed by atoms with Crippen molar-refractivity contribution >= 4 is 33.2 Å². The third-order valence-corrected chi connectivity index (χ3v) is 7.46. The van der Waals surface area contributed by atoms with E-state index in [0.717, 1.165) is 37.5 Å². The molecule has 2 fully saturated rings. The van der Waals surface area contributed by atoms with Crippen molar-refractivity contribution in [3.05, 3.63) is 34.7 Å². The summed E-state index contributed by atoms with van der Waals surface area (Å²) in [5.41, 5.74) is 1.19. The molecule has 0 spiro atoms. The number of benzene rings is 1. The highest BCUT2D eigenvalue weighted by Crippen LogP contribution is 2.40. The molecular weight excluding hydrogens is 398 g/mol.